The maximum atomic E-state index is 12.5. The Morgan fingerprint density at radius 3 is 2.73 bits per heavy atom. The van der Waals surface area contributed by atoms with Crippen LogP contribution in [0.3, 0.4) is 0 Å². The van der Waals surface area contributed by atoms with Gasteiger partial charge in [0.2, 0.25) is 5.13 Å². The molecule has 0 atom stereocenters. The molecule has 0 bridgehead atoms. The molecule has 1 N–H and O–H groups in total. The Morgan fingerprint density at radius 1 is 1.18 bits per heavy atom. The Balaban J connectivity index is 1.63. The van der Waals surface area contributed by atoms with Gasteiger partial charge in [-0.25, -0.2) is 9.78 Å². The Bertz CT molecular complexity index is 1180. The number of benzene rings is 2. The summed E-state index contributed by atoms with van der Waals surface area (Å²) in [6.45, 7) is 2.08. The third-order valence-corrected chi connectivity index (χ3v) is 5.44. The number of aromatic nitrogens is 1. The quantitative estimate of drug-likeness (QED) is 0.183. The van der Waals surface area contributed by atoms with Crippen LogP contribution in [0.1, 0.15) is 28.5 Å². The molecule has 0 aliphatic carbocycles. The predicted octanol–water partition coefficient (Wildman–Crippen LogP) is 5.23. The second kappa shape index (κ2) is 11.6. The van der Waals surface area contributed by atoms with Crippen molar-refractivity contribution >= 4 is 57.8 Å². The highest BCUT2D eigenvalue weighted by Crippen LogP contribution is 2.30. The van der Waals surface area contributed by atoms with E-state index in [1.165, 1.54) is 30.6 Å². The number of halogens is 2. The van der Waals surface area contributed by atoms with Crippen LogP contribution in [0.25, 0.3) is 0 Å². The number of esters is 2. The van der Waals surface area contributed by atoms with Gasteiger partial charge in [0.25, 0.3) is 0 Å². The van der Waals surface area contributed by atoms with Gasteiger partial charge in [0.05, 0.1) is 42.6 Å². The number of nitrogens with one attached hydrogen (secondary N) is 1. The molecule has 0 radical (unpaired) electrons. The Hall–Kier alpha value is -3.14. The minimum Gasteiger partial charge on any atom is -0.493 e. The van der Waals surface area contributed by atoms with Crippen molar-refractivity contribution < 1.29 is 23.8 Å². The molecule has 0 unspecified atom stereocenters. The van der Waals surface area contributed by atoms with Crippen molar-refractivity contribution in [1.29, 1.82) is 0 Å². The van der Waals surface area contributed by atoms with Crippen LogP contribution in [0.5, 0.6) is 11.5 Å². The summed E-state index contributed by atoms with van der Waals surface area (Å²) in [7, 11) is 1.46. The molecule has 172 valence electrons. The van der Waals surface area contributed by atoms with E-state index in [1.54, 1.807) is 42.8 Å². The van der Waals surface area contributed by atoms with Crippen LogP contribution in [-0.4, -0.2) is 36.9 Å². The Labute approximate surface area is 204 Å². The molecule has 3 rings (SSSR count). The van der Waals surface area contributed by atoms with Crippen LogP contribution in [0.2, 0.25) is 10.0 Å². The average molecular weight is 508 g/mol. The van der Waals surface area contributed by atoms with Crippen molar-refractivity contribution in [2.24, 2.45) is 5.10 Å². The van der Waals surface area contributed by atoms with E-state index in [4.69, 9.17) is 37.4 Å². The number of ether oxygens (including phenoxy) is 3. The van der Waals surface area contributed by atoms with Crippen LogP contribution >= 0.6 is 34.5 Å². The number of carbonyl (C=O) groups is 2. The van der Waals surface area contributed by atoms with E-state index >= 15 is 0 Å². The number of thiazole rings is 1. The number of nitrogens with zero attached hydrogens (tertiary/aromatic N) is 2. The molecule has 0 spiro atoms. The summed E-state index contributed by atoms with van der Waals surface area (Å²) >= 11 is 13.3. The third-order valence-electron chi connectivity index (χ3n) is 4.10. The van der Waals surface area contributed by atoms with E-state index in [0.717, 1.165) is 0 Å². The molecule has 2 aromatic carbocycles. The molecular weight excluding hydrogens is 489 g/mol. The standard InChI is InChI=1S/C22H19Cl2N3O5S/c1-3-31-20(28)10-15-12-33-22(26-15)27-25-11-13-4-7-18(19(8-13)30-2)32-21(29)16-6-5-14(23)9-17(16)24/h4-9,11-12H,3,10H2,1-2H3,(H,26,27). The van der Waals surface area contributed by atoms with E-state index in [1.807, 2.05) is 0 Å². The fraction of sp³-hybridized carbons (Fsp3) is 0.182. The van der Waals surface area contributed by atoms with Crippen molar-refractivity contribution in [3.05, 3.63) is 68.6 Å². The lowest BCUT2D eigenvalue weighted by molar-refractivity contribution is -0.142. The van der Waals surface area contributed by atoms with Crippen molar-refractivity contribution in [2.75, 3.05) is 19.1 Å². The molecule has 0 saturated carbocycles. The molecular formula is C22H19Cl2N3O5S. The zero-order chi connectivity index (χ0) is 23.8. The highest BCUT2D eigenvalue weighted by atomic mass is 35.5. The first kappa shape index (κ1) is 24.5. The summed E-state index contributed by atoms with van der Waals surface area (Å²) in [5, 5.41) is 7.03. The monoisotopic (exact) mass is 507 g/mol. The molecule has 0 saturated heterocycles. The normalized spacial score (nSPS) is 10.8. The maximum absolute atomic E-state index is 12.5. The van der Waals surface area contributed by atoms with E-state index in [0.29, 0.717) is 33.8 Å². The van der Waals surface area contributed by atoms with Gasteiger partial charge in [-0.1, -0.05) is 23.2 Å². The summed E-state index contributed by atoms with van der Waals surface area (Å²) in [6.07, 6.45) is 1.66. The van der Waals surface area contributed by atoms with Crippen LogP contribution < -0.4 is 14.9 Å². The summed E-state index contributed by atoms with van der Waals surface area (Å²) in [5.74, 6) is -0.407. The summed E-state index contributed by atoms with van der Waals surface area (Å²) < 4.78 is 15.7. The second-order valence-corrected chi connectivity index (χ2v) is 8.12. The Kier molecular flexibility index (Phi) is 8.65. The van der Waals surface area contributed by atoms with E-state index in [2.05, 4.69) is 15.5 Å². The lowest BCUT2D eigenvalue weighted by Gasteiger charge is -2.10. The van der Waals surface area contributed by atoms with Gasteiger partial charge in [-0.05, 0) is 48.9 Å². The van der Waals surface area contributed by atoms with E-state index in [9.17, 15) is 9.59 Å². The second-order valence-electron chi connectivity index (χ2n) is 6.42. The van der Waals surface area contributed by atoms with Crippen LogP contribution in [0, 0.1) is 0 Å². The number of carbonyl (C=O) groups excluding carboxylic acids is 2. The number of hydrazone groups is 1. The molecule has 0 aliphatic heterocycles. The van der Waals surface area contributed by atoms with Gasteiger partial charge in [-0.2, -0.15) is 5.10 Å². The number of methoxy groups -OCH3 is 1. The smallest absolute Gasteiger partial charge is 0.345 e. The minimum absolute atomic E-state index is 0.106. The van der Waals surface area contributed by atoms with Crippen molar-refractivity contribution in [3.8, 4) is 11.5 Å². The first-order valence-electron chi connectivity index (χ1n) is 9.64. The topological polar surface area (TPSA) is 99.1 Å². The minimum atomic E-state index is -0.638. The lowest BCUT2D eigenvalue weighted by Crippen LogP contribution is -2.10. The van der Waals surface area contributed by atoms with Gasteiger partial charge in [-0.3, -0.25) is 10.2 Å². The zero-order valence-corrected chi connectivity index (χ0v) is 20.0. The molecule has 3 aromatic rings. The van der Waals surface area contributed by atoms with E-state index in [-0.39, 0.29) is 28.7 Å². The summed E-state index contributed by atoms with van der Waals surface area (Å²) in [4.78, 5) is 28.3. The van der Waals surface area contributed by atoms with Crippen LogP contribution in [-0.2, 0) is 16.0 Å². The SMILES string of the molecule is CCOC(=O)Cc1csc(NN=Cc2ccc(OC(=O)c3ccc(Cl)cc3Cl)c(OC)c2)n1. The number of hydrogen-bond donors (Lipinski definition) is 1. The lowest BCUT2D eigenvalue weighted by atomic mass is 10.2. The maximum Gasteiger partial charge on any atom is 0.345 e. The highest BCUT2D eigenvalue weighted by molar-refractivity contribution is 7.13. The molecule has 0 aliphatic rings. The molecule has 11 heteroatoms. The molecule has 0 fully saturated rings. The van der Waals surface area contributed by atoms with Gasteiger partial charge < -0.3 is 14.2 Å². The molecule has 0 amide bonds. The van der Waals surface area contributed by atoms with Gasteiger partial charge >= 0.3 is 11.9 Å². The largest absolute Gasteiger partial charge is 0.493 e. The van der Waals surface area contributed by atoms with Crippen molar-refractivity contribution in [1.82, 2.24) is 4.98 Å². The zero-order valence-electron chi connectivity index (χ0n) is 17.6. The van der Waals surface area contributed by atoms with Gasteiger partial charge in [-0.15, -0.1) is 11.3 Å². The highest BCUT2D eigenvalue weighted by Gasteiger charge is 2.16. The molecule has 8 nitrogen and oxygen atoms in total. The summed E-state index contributed by atoms with van der Waals surface area (Å²) in [5.41, 5.74) is 4.28. The molecule has 33 heavy (non-hydrogen) atoms. The molecule has 1 aromatic heterocycles. The number of anilines is 1. The fourth-order valence-electron chi connectivity index (χ4n) is 2.62. The first-order valence-corrected chi connectivity index (χ1v) is 11.3. The van der Waals surface area contributed by atoms with Crippen molar-refractivity contribution in [2.45, 2.75) is 13.3 Å². The van der Waals surface area contributed by atoms with Gasteiger partial charge in [0.15, 0.2) is 11.5 Å². The van der Waals surface area contributed by atoms with Crippen molar-refractivity contribution in [3.63, 3.8) is 0 Å². The number of rotatable bonds is 9. The molecule has 1 heterocycles. The van der Waals surface area contributed by atoms with Crippen LogP contribution in [0.15, 0.2) is 46.9 Å². The van der Waals surface area contributed by atoms with E-state index < -0.39 is 5.97 Å². The third kappa shape index (κ3) is 6.92. The fourth-order valence-corrected chi connectivity index (χ4v) is 3.76. The first-order chi connectivity index (χ1) is 15.9. The average Bonchev–Trinajstić information content (AvgIpc) is 3.21. The predicted molar refractivity (Wildman–Crippen MR) is 128 cm³/mol. The Morgan fingerprint density at radius 2 is 2.00 bits per heavy atom. The van der Waals surface area contributed by atoms with Crippen LogP contribution in [0.4, 0.5) is 5.13 Å². The number of hydrogen-bond acceptors (Lipinski definition) is 9. The van der Waals surface area contributed by atoms with Gasteiger partial charge in [0.1, 0.15) is 0 Å². The summed E-state index contributed by atoms with van der Waals surface area (Å²) in [6, 6.07) is 9.45. The van der Waals surface area contributed by atoms with Gasteiger partial charge in [0, 0.05) is 10.4 Å².